The van der Waals surface area contributed by atoms with Gasteiger partial charge >= 0.3 is 0 Å². The summed E-state index contributed by atoms with van der Waals surface area (Å²) in [5, 5.41) is 11.1. The Morgan fingerprint density at radius 3 is 2.50 bits per heavy atom. The molecule has 1 aromatic carbocycles. The summed E-state index contributed by atoms with van der Waals surface area (Å²) in [6.45, 7) is 1.36. The molecule has 0 bridgehead atoms. The standard InChI is InChI=1S/C12H12O2/c1-10(13)9-12(14)8-7-11-5-3-2-4-6-11/h2-9,14H,1H3/p-1/b8-7+,12-9-. The summed E-state index contributed by atoms with van der Waals surface area (Å²) in [4.78, 5) is 10.6. The fourth-order valence-corrected chi connectivity index (χ4v) is 0.991. The molecule has 1 rings (SSSR count). The maximum atomic E-state index is 11.1. The molecule has 0 saturated carbocycles. The predicted molar refractivity (Wildman–Crippen MR) is 54.2 cm³/mol. The Morgan fingerprint density at radius 1 is 1.29 bits per heavy atom. The highest BCUT2D eigenvalue weighted by Gasteiger charge is 1.83. The fraction of sp³-hybridized carbons (Fsp3) is 0.0833. The maximum Gasteiger partial charge on any atom is 0.152 e. The highest BCUT2D eigenvalue weighted by molar-refractivity contribution is 5.88. The van der Waals surface area contributed by atoms with E-state index in [1.54, 1.807) is 6.08 Å². The molecule has 0 aliphatic heterocycles. The van der Waals surface area contributed by atoms with E-state index < -0.39 is 0 Å². The minimum absolute atomic E-state index is 0.229. The molecule has 14 heavy (non-hydrogen) atoms. The van der Waals surface area contributed by atoms with Crippen molar-refractivity contribution in [3.8, 4) is 0 Å². The van der Waals surface area contributed by atoms with Gasteiger partial charge in [0.15, 0.2) is 5.78 Å². The van der Waals surface area contributed by atoms with Gasteiger partial charge in [0.05, 0.1) is 0 Å². The third-order valence-corrected chi connectivity index (χ3v) is 1.59. The maximum absolute atomic E-state index is 11.1. The van der Waals surface area contributed by atoms with Crippen LogP contribution in [0.1, 0.15) is 12.5 Å². The molecule has 0 unspecified atom stereocenters. The zero-order valence-electron chi connectivity index (χ0n) is 7.94. The molecule has 0 N–H and O–H groups in total. The van der Waals surface area contributed by atoms with Crippen LogP contribution in [0.4, 0.5) is 0 Å². The fourth-order valence-electron chi connectivity index (χ4n) is 0.991. The molecule has 0 radical (unpaired) electrons. The average molecular weight is 187 g/mol. The van der Waals surface area contributed by atoms with E-state index in [2.05, 4.69) is 0 Å². The lowest BCUT2D eigenvalue weighted by molar-refractivity contribution is -0.294. The third-order valence-electron chi connectivity index (χ3n) is 1.59. The van der Waals surface area contributed by atoms with E-state index in [1.165, 1.54) is 13.0 Å². The van der Waals surface area contributed by atoms with Gasteiger partial charge in [0.25, 0.3) is 0 Å². The minimum Gasteiger partial charge on any atom is -0.872 e. The van der Waals surface area contributed by atoms with Crippen LogP contribution >= 0.6 is 0 Å². The monoisotopic (exact) mass is 187 g/mol. The Bertz CT molecular complexity index is 361. The van der Waals surface area contributed by atoms with Gasteiger partial charge in [-0.15, -0.1) is 5.76 Å². The second-order valence-electron chi connectivity index (χ2n) is 2.90. The van der Waals surface area contributed by atoms with Crippen LogP contribution < -0.4 is 5.11 Å². The quantitative estimate of drug-likeness (QED) is 0.409. The van der Waals surface area contributed by atoms with Crippen molar-refractivity contribution in [2.75, 3.05) is 0 Å². The van der Waals surface area contributed by atoms with Gasteiger partial charge in [-0.25, -0.2) is 0 Å². The lowest BCUT2D eigenvalue weighted by Crippen LogP contribution is -2.02. The lowest BCUT2D eigenvalue weighted by atomic mass is 10.2. The molecule has 2 nitrogen and oxygen atoms in total. The van der Waals surface area contributed by atoms with E-state index in [4.69, 9.17) is 0 Å². The Kier molecular flexibility index (Phi) is 3.68. The van der Waals surface area contributed by atoms with Crippen LogP contribution in [-0.2, 0) is 4.79 Å². The van der Waals surface area contributed by atoms with E-state index in [0.717, 1.165) is 11.6 Å². The summed E-state index contributed by atoms with van der Waals surface area (Å²) in [6.07, 6.45) is 4.14. The highest BCUT2D eigenvalue weighted by Crippen LogP contribution is 2.02. The minimum atomic E-state index is -0.277. The van der Waals surface area contributed by atoms with Crippen LogP contribution in [0.25, 0.3) is 6.08 Å². The molecule has 0 aromatic heterocycles. The number of rotatable bonds is 3. The molecule has 1 aromatic rings. The van der Waals surface area contributed by atoms with Crippen molar-refractivity contribution in [2.45, 2.75) is 6.92 Å². The number of hydrogen-bond acceptors (Lipinski definition) is 2. The van der Waals surface area contributed by atoms with Crippen molar-refractivity contribution in [3.05, 3.63) is 53.8 Å². The molecule has 0 atom stereocenters. The van der Waals surface area contributed by atoms with Crippen molar-refractivity contribution in [1.29, 1.82) is 0 Å². The first-order chi connectivity index (χ1) is 6.68. The first-order valence-electron chi connectivity index (χ1n) is 4.31. The normalized spacial score (nSPS) is 11.9. The first kappa shape index (κ1) is 10.3. The largest absolute Gasteiger partial charge is 0.872 e. The third kappa shape index (κ3) is 3.72. The Labute approximate surface area is 83.2 Å². The van der Waals surface area contributed by atoms with E-state index in [0.29, 0.717) is 0 Å². The zero-order valence-corrected chi connectivity index (χ0v) is 7.94. The number of benzene rings is 1. The topological polar surface area (TPSA) is 40.1 Å². The molecule has 0 fully saturated rings. The number of carbonyl (C=O) groups excluding carboxylic acids is 1. The SMILES string of the molecule is CC(=O)/C=C([O-])/C=C/c1ccccc1. The Balaban J connectivity index is 2.70. The summed E-state index contributed by atoms with van der Waals surface area (Å²) >= 11 is 0. The van der Waals surface area contributed by atoms with Gasteiger partial charge in [-0.3, -0.25) is 4.79 Å². The van der Waals surface area contributed by atoms with Crippen molar-refractivity contribution in [2.24, 2.45) is 0 Å². The Morgan fingerprint density at radius 2 is 1.93 bits per heavy atom. The van der Waals surface area contributed by atoms with Crippen LogP contribution in [-0.4, -0.2) is 5.78 Å². The molecule has 0 aliphatic rings. The molecule has 0 spiro atoms. The summed E-state index contributed by atoms with van der Waals surface area (Å²) in [6, 6.07) is 9.45. The van der Waals surface area contributed by atoms with E-state index in [1.807, 2.05) is 30.3 Å². The molecule has 0 amide bonds. The van der Waals surface area contributed by atoms with Crippen LogP contribution in [0.3, 0.4) is 0 Å². The lowest BCUT2D eigenvalue weighted by Gasteiger charge is -2.03. The van der Waals surface area contributed by atoms with Gasteiger partial charge in [-0.1, -0.05) is 42.5 Å². The van der Waals surface area contributed by atoms with Crippen LogP contribution in [0.2, 0.25) is 0 Å². The summed E-state index contributed by atoms with van der Waals surface area (Å²) in [5.41, 5.74) is 0.942. The van der Waals surface area contributed by atoms with Crippen LogP contribution in [0.5, 0.6) is 0 Å². The summed E-state index contributed by atoms with van der Waals surface area (Å²) < 4.78 is 0. The first-order valence-corrected chi connectivity index (χ1v) is 4.31. The highest BCUT2D eigenvalue weighted by atomic mass is 16.3. The number of ketones is 1. The van der Waals surface area contributed by atoms with Crippen LogP contribution in [0, 0.1) is 0 Å². The zero-order chi connectivity index (χ0) is 10.4. The van der Waals surface area contributed by atoms with Gasteiger partial charge in [0.1, 0.15) is 0 Å². The van der Waals surface area contributed by atoms with Gasteiger partial charge < -0.3 is 5.11 Å². The van der Waals surface area contributed by atoms with Crippen molar-refractivity contribution >= 4 is 11.9 Å². The van der Waals surface area contributed by atoms with E-state index >= 15 is 0 Å². The molecule has 2 heteroatoms. The second-order valence-corrected chi connectivity index (χ2v) is 2.90. The van der Waals surface area contributed by atoms with Crippen molar-refractivity contribution < 1.29 is 9.90 Å². The number of hydrogen-bond donors (Lipinski definition) is 0. The average Bonchev–Trinajstić information content (AvgIpc) is 2.15. The van der Waals surface area contributed by atoms with Crippen molar-refractivity contribution in [3.63, 3.8) is 0 Å². The van der Waals surface area contributed by atoms with Gasteiger partial charge in [-0.05, 0) is 18.6 Å². The molecule has 0 aliphatic carbocycles. The van der Waals surface area contributed by atoms with Crippen LogP contribution in [0.15, 0.2) is 48.2 Å². The molecule has 0 saturated heterocycles. The summed E-state index contributed by atoms with van der Waals surface area (Å²) in [7, 11) is 0. The molecular weight excluding hydrogens is 176 g/mol. The molecule has 0 heterocycles. The predicted octanol–water partition coefficient (Wildman–Crippen LogP) is 1.53. The van der Waals surface area contributed by atoms with Gasteiger partial charge in [-0.2, -0.15) is 0 Å². The van der Waals surface area contributed by atoms with E-state index in [-0.39, 0.29) is 11.5 Å². The van der Waals surface area contributed by atoms with Gasteiger partial charge in [0.2, 0.25) is 0 Å². The number of carbonyl (C=O) groups is 1. The molecular formula is C12H11O2-. The van der Waals surface area contributed by atoms with Crippen molar-refractivity contribution in [1.82, 2.24) is 0 Å². The Hall–Kier alpha value is -1.83. The number of allylic oxidation sites excluding steroid dienone is 2. The van der Waals surface area contributed by atoms with Gasteiger partial charge in [0, 0.05) is 0 Å². The summed E-state index contributed by atoms with van der Waals surface area (Å²) in [5.74, 6) is -0.505. The van der Waals surface area contributed by atoms with E-state index in [9.17, 15) is 9.90 Å². The smallest absolute Gasteiger partial charge is 0.152 e. The molecule has 72 valence electrons. The second kappa shape index (κ2) is 5.02.